The summed E-state index contributed by atoms with van der Waals surface area (Å²) in [4.78, 5) is 17.0. The van der Waals surface area contributed by atoms with Crippen molar-refractivity contribution in [2.75, 3.05) is 11.1 Å². The minimum atomic E-state index is -0.298. The second-order valence-corrected chi connectivity index (χ2v) is 11.6. The fraction of sp³-hybridized carbons (Fsp3) is 0.308. The van der Waals surface area contributed by atoms with Crippen molar-refractivity contribution in [3.8, 4) is 17.0 Å². The highest BCUT2D eigenvalue weighted by Gasteiger charge is 2.19. The SMILES string of the molecule is CC(Oc1ccc(C(C)(C)C)cc1)c1nnc(SCC(=O)Nc2nc(-c3ccc(Cl)cc3)cs2)n1C. The number of carbonyl (C=O) groups is 1. The molecule has 4 aromatic rings. The number of thiazole rings is 1. The summed E-state index contributed by atoms with van der Waals surface area (Å²) in [5.74, 6) is 1.48. The van der Waals surface area contributed by atoms with Crippen molar-refractivity contribution >= 4 is 45.7 Å². The maximum Gasteiger partial charge on any atom is 0.236 e. The van der Waals surface area contributed by atoms with Crippen LogP contribution in [0.25, 0.3) is 11.3 Å². The highest BCUT2D eigenvalue weighted by atomic mass is 35.5. The Morgan fingerprint density at radius 2 is 1.83 bits per heavy atom. The summed E-state index contributed by atoms with van der Waals surface area (Å²) >= 11 is 8.64. The zero-order valence-corrected chi connectivity index (χ0v) is 23.2. The second kappa shape index (κ2) is 11.0. The number of aromatic nitrogens is 4. The topological polar surface area (TPSA) is 81.9 Å². The Kier molecular flexibility index (Phi) is 8.02. The van der Waals surface area contributed by atoms with Gasteiger partial charge in [0.25, 0.3) is 0 Å². The zero-order chi connectivity index (χ0) is 25.9. The number of hydrogen-bond acceptors (Lipinski definition) is 7. The molecule has 1 atom stereocenters. The standard InChI is InChI=1S/C26H28ClN5O2S2/c1-16(34-20-12-8-18(9-13-20)26(2,3)4)23-30-31-25(32(23)5)36-15-22(33)29-24-28-21(14-35-24)17-6-10-19(27)11-7-17/h6-14,16H,15H2,1-5H3,(H,28,29,33). The van der Waals surface area contributed by atoms with E-state index in [1.54, 1.807) is 0 Å². The lowest BCUT2D eigenvalue weighted by Gasteiger charge is -2.20. The molecule has 0 aliphatic heterocycles. The molecule has 0 bridgehead atoms. The van der Waals surface area contributed by atoms with E-state index >= 15 is 0 Å². The summed E-state index contributed by atoms with van der Waals surface area (Å²) in [5, 5.41) is 15.1. The third-order valence-corrected chi connectivity index (χ3v) is 7.52. The van der Waals surface area contributed by atoms with Crippen LogP contribution in [0, 0.1) is 0 Å². The number of ether oxygens (including phenoxy) is 1. The van der Waals surface area contributed by atoms with Gasteiger partial charge in [0.2, 0.25) is 5.91 Å². The molecule has 0 aliphatic rings. The van der Waals surface area contributed by atoms with Crippen LogP contribution < -0.4 is 10.1 Å². The summed E-state index contributed by atoms with van der Waals surface area (Å²) in [5.41, 5.74) is 3.07. The number of amides is 1. The van der Waals surface area contributed by atoms with Gasteiger partial charge in [-0.05, 0) is 42.2 Å². The van der Waals surface area contributed by atoms with E-state index in [0.29, 0.717) is 21.1 Å². The van der Waals surface area contributed by atoms with Crippen molar-refractivity contribution in [1.29, 1.82) is 0 Å². The molecule has 4 rings (SSSR count). The lowest BCUT2D eigenvalue weighted by atomic mass is 9.87. The fourth-order valence-electron chi connectivity index (χ4n) is 3.47. The molecule has 0 saturated carbocycles. The van der Waals surface area contributed by atoms with Gasteiger partial charge in [-0.15, -0.1) is 21.5 Å². The molecule has 1 amide bonds. The van der Waals surface area contributed by atoms with Crippen LogP contribution in [0.1, 0.15) is 45.2 Å². The largest absolute Gasteiger partial charge is 0.483 e. The molecule has 0 fully saturated rings. The summed E-state index contributed by atoms with van der Waals surface area (Å²) in [6.07, 6.45) is -0.298. The number of nitrogens with one attached hydrogen (secondary N) is 1. The summed E-state index contributed by atoms with van der Waals surface area (Å²) in [6, 6.07) is 15.5. The molecule has 0 aliphatic carbocycles. The number of rotatable bonds is 8. The Balaban J connectivity index is 1.31. The number of hydrogen-bond donors (Lipinski definition) is 1. The number of halogens is 1. The molecular weight excluding hydrogens is 514 g/mol. The zero-order valence-electron chi connectivity index (χ0n) is 20.8. The van der Waals surface area contributed by atoms with Crippen LogP contribution in [0.15, 0.2) is 59.1 Å². The highest BCUT2D eigenvalue weighted by molar-refractivity contribution is 7.99. The maximum atomic E-state index is 12.5. The lowest BCUT2D eigenvalue weighted by Crippen LogP contribution is -2.14. The molecule has 1 unspecified atom stereocenters. The summed E-state index contributed by atoms with van der Waals surface area (Å²) < 4.78 is 7.94. The molecule has 0 saturated heterocycles. The first-order valence-corrected chi connectivity index (χ1v) is 13.6. The van der Waals surface area contributed by atoms with E-state index in [9.17, 15) is 4.79 Å². The molecular formula is C26H28ClN5O2S2. The van der Waals surface area contributed by atoms with Crippen LogP contribution in [0.3, 0.4) is 0 Å². The third-order valence-electron chi connectivity index (χ3n) is 5.49. The summed E-state index contributed by atoms with van der Waals surface area (Å²) in [7, 11) is 1.87. The van der Waals surface area contributed by atoms with E-state index < -0.39 is 0 Å². The summed E-state index contributed by atoms with van der Waals surface area (Å²) in [6.45, 7) is 8.48. The quantitative estimate of drug-likeness (QED) is 0.248. The van der Waals surface area contributed by atoms with Crippen molar-refractivity contribution < 1.29 is 9.53 Å². The van der Waals surface area contributed by atoms with Gasteiger partial charge in [0.15, 0.2) is 22.2 Å². The van der Waals surface area contributed by atoms with Crippen molar-refractivity contribution in [2.24, 2.45) is 7.05 Å². The second-order valence-electron chi connectivity index (χ2n) is 9.32. The Bertz CT molecular complexity index is 1330. The van der Waals surface area contributed by atoms with Gasteiger partial charge in [-0.2, -0.15) is 0 Å². The highest BCUT2D eigenvalue weighted by Crippen LogP contribution is 2.28. The van der Waals surface area contributed by atoms with E-state index in [1.807, 2.05) is 60.3 Å². The minimum absolute atomic E-state index is 0.0880. The van der Waals surface area contributed by atoms with Gasteiger partial charge >= 0.3 is 0 Å². The smallest absolute Gasteiger partial charge is 0.236 e. The number of benzene rings is 2. The van der Waals surface area contributed by atoms with Crippen LogP contribution in [0.2, 0.25) is 5.02 Å². The number of nitrogens with zero attached hydrogens (tertiary/aromatic N) is 4. The van der Waals surface area contributed by atoms with Gasteiger partial charge in [-0.3, -0.25) is 4.79 Å². The molecule has 2 aromatic carbocycles. The minimum Gasteiger partial charge on any atom is -0.483 e. The van der Waals surface area contributed by atoms with Gasteiger partial charge in [0.05, 0.1) is 11.4 Å². The van der Waals surface area contributed by atoms with E-state index in [0.717, 1.165) is 17.0 Å². The normalized spacial score (nSPS) is 12.4. The molecule has 1 N–H and O–H groups in total. The van der Waals surface area contributed by atoms with Crippen molar-refractivity contribution in [3.05, 3.63) is 70.3 Å². The average molecular weight is 542 g/mol. The maximum absolute atomic E-state index is 12.5. The van der Waals surface area contributed by atoms with Gasteiger partial charge in [0, 0.05) is 23.0 Å². The van der Waals surface area contributed by atoms with Crippen molar-refractivity contribution in [1.82, 2.24) is 19.7 Å². The third kappa shape index (κ3) is 6.46. The van der Waals surface area contributed by atoms with Crippen LogP contribution in [-0.4, -0.2) is 31.4 Å². The predicted octanol–water partition coefficient (Wildman–Crippen LogP) is 6.76. The average Bonchev–Trinajstić information content (AvgIpc) is 3.44. The van der Waals surface area contributed by atoms with Gasteiger partial charge in [0.1, 0.15) is 5.75 Å². The Morgan fingerprint density at radius 3 is 2.50 bits per heavy atom. The first kappa shape index (κ1) is 26.2. The number of anilines is 1. The molecule has 10 heteroatoms. The fourth-order valence-corrected chi connectivity index (χ4v) is 5.05. The molecule has 36 heavy (non-hydrogen) atoms. The van der Waals surface area contributed by atoms with E-state index in [1.165, 1.54) is 28.7 Å². The molecule has 0 spiro atoms. The Labute approximate surface area is 224 Å². The first-order chi connectivity index (χ1) is 17.1. The van der Waals surface area contributed by atoms with Crippen molar-refractivity contribution in [3.63, 3.8) is 0 Å². The van der Waals surface area contributed by atoms with Crippen LogP contribution in [-0.2, 0) is 17.3 Å². The monoisotopic (exact) mass is 541 g/mol. The van der Waals surface area contributed by atoms with Crippen LogP contribution >= 0.6 is 34.7 Å². The number of thioether (sulfide) groups is 1. The van der Waals surface area contributed by atoms with E-state index in [4.69, 9.17) is 16.3 Å². The molecule has 188 valence electrons. The molecule has 2 aromatic heterocycles. The Hall–Kier alpha value is -2.88. The lowest BCUT2D eigenvalue weighted by molar-refractivity contribution is -0.113. The predicted molar refractivity (Wildman–Crippen MR) is 147 cm³/mol. The van der Waals surface area contributed by atoms with Gasteiger partial charge < -0.3 is 14.6 Å². The van der Waals surface area contributed by atoms with Gasteiger partial charge in [-0.25, -0.2) is 4.98 Å². The van der Waals surface area contributed by atoms with E-state index in [2.05, 4.69) is 53.4 Å². The molecule has 0 radical (unpaired) electrons. The van der Waals surface area contributed by atoms with Crippen LogP contribution in [0.5, 0.6) is 5.75 Å². The first-order valence-electron chi connectivity index (χ1n) is 11.4. The van der Waals surface area contributed by atoms with Crippen LogP contribution in [0.4, 0.5) is 5.13 Å². The van der Waals surface area contributed by atoms with E-state index in [-0.39, 0.29) is 23.2 Å². The van der Waals surface area contributed by atoms with Crippen molar-refractivity contribution in [2.45, 2.75) is 44.4 Å². The molecule has 2 heterocycles. The van der Waals surface area contributed by atoms with Gasteiger partial charge in [-0.1, -0.05) is 68.4 Å². The number of carbonyl (C=O) groups excluding carboxylic acids is 1. The molecule has 7 nitrogen and oxygen atoms in total. The Morgan fingerprint density at radius 1 is 1.14 bits per heavy atom.